The van der Waals surface area contributed by atoms with Crippen LogP contribution in [0.5, 0.6) is 23.0 Å². The van der Waals surface area contributed by atoms with Crippen LogP contribution in [0.15, 0.2) is 76.6 Å². The largest absolute Gasteiger partial charge is 0.497 e. The summed E-state index contributed by atoms with van der Waals surface area (Å²) in [6.45, 7) is 0.377. The van der Waals surface area contributed by atoms with Crippen molar-refractivity contribution in [1.29, 1.82) is 0 Å². The molecule has 0 aliphatic carbocycles. The second kappa shape index (κ2) is 11.0. The van der Waals surface area contributed by atoms with Gasteiger partial charge in [0.25, 0.3) is 5.91 Å². The molecule has 0 aromatic heterocycles. The van der Waals surface area contributed by atoms with Crippen molar-refractivity contribution in [3.05, 3.63) is 82.8 Å². The van der Waals surface area contributed by atoms with Gasteiger partial charge in [-0.25, -0.2) is 4.99 Å². The second-order valence-electron chi connectivity index (χ2n) is 7.53. The molecule has 35 heavy (non-hydrogen) atoms. The van der Waals surface area contributed by atoms with Gasteiger partial charge in [0.05, 0.1) is 45.6 Å². The van der Waals surface area contributed by atoms with Gasteiger partial charge < -0.3 is 18.9 Å². The third kappa shape index (κ3) is 5.44. The molecule has 0 spiro atoms. The maximum atomic E-state index is 13.5. The minimum Gasteiger partial charge on any atom is -0.497 e. The summed E-state index contributed by atoms with van der Waals surface area (Å²) in [6.07, 6.45) is 1.79. The first-order chi connectivity index (χ1) is 17.1. The van der Waals surface area contributed by atoms with E-state index in [4.69, 9.17) is 23.9 Å². The number of nitrogens with zero attached hydrogens (tertiary/aromatic N) is 2. The Kier molecular flexibility index (Phi) is 7.62. The van der Waals surface area contributed by atoms with E-state index in [1.807, 2.05) is 54.6 Å². The first-order valence-corrected chi connectivity index (χ1v) is 11.7. The van der Waals surface area contributed by atoms with E-state index in [1.165, 1.54) is 11.8 Å². The average molecular weight is 491 g/mol. The summed E-state index contributed by atoms with van der Waals surface area (Å²) in [7, 11) is 6.33. The molecule has 1 heterocycles. The van der Waals surface area contributed by atoms with Crippen molar-refractivity contribution in [2.24, 2.45) is 4.99 Å². The van der Waals surface area contributed by atoms with Crippen molar-refractivity contribution in [2.45, 2.75) is 6.54 Å². The second-order valence-corrected chi connectivity index (χ2v) is 8.54. The molecule has 7 nitrogen and oxygen atoms in total. The summed E-state index contributed by atoms with van der Waals surface area (Å²) in [5, 5.41) is 0.600. The van der Waals surface area contributed by atoms with E-state index in [1.54, 1.807) is 51.5 Å². The molecule has 1 saturated heterocycles. The number of ether oxygens (including phenoxy) is 4. The zero-order valence-electron chi connectivity index (χ0n) is 20.0. The number of amidine groups is 1. The standard InChI is InChI=1S/C27H26N2O5S/c1-31-21-12-10-18(11-13-21)17-29-26(30)25(35-27(29)28-20-8-6-5-7-9-20)15-19-14-23(33-3)24(34-4)16-22(19)32-2/h5-16H,17H2,1-4H3. The summed E-state index contributed by atoms with van der Waals surface area (Å²) in [5.41, 5.74) is 2.43. The van der Waals surface area contributed by atoms with Crippen LogP contribution >= 0.6 is 11.8 Å². The molecule has 180 valence electrons. The fourth-order valence-electron chi connectivity index (χ4n) is 3.56. The van der Waals surface area contributed by atoms with E-state index in [0.29, 0.717) is 39.4 Å². The van der Waals surface area contributed by atoms with Gasteiger partial charge in [-0.15, -0.1) is 0 Å². The van der Waals surface area contributed by atoms with Crippen LogP contribution in [0, 0.1) is 0 Å². The van der Waals surface area contributed by atoms with Crippen molar-refractivity contribution in [3.8, 4) is 23.0 Å². The fourth-order valence-corrected chi connectivity index (χ4v) is 4.55. The molecule has 1 amide bonds. The number of benzene rings is 3. The first kappa shape index (κ1) is 24.2. The van der Waals surface area contributed by atoms with Gasteiger partial charge in [-0.2, -0.15) is 0 Å². The number of aliphatic imine (C=N–C) groups is 1. The van der Waals surface area contributed by atoms with E-state index in [0.717, 1.165) is 17.0 Å². The highest BCUT2D eigenvalue weighted by molar-refractivity contribution is 8.18. The predicted molar refractivity (Wildman–Crippen MR) is 139 cm³/mol. The van der Waals surface area contributed by atoms with E-state index in [9.17, 15) is 4.79 Å². The van der Waals surface area contributed by atoms with Gasteiger partial charge in [0.1, 0.15) is 11.5 Å². The number of hydrogen-bond acceptors (Lipinski definition) is 7. The van der Waals surface area contributed by atoms with E-state index in [-0.39, 0.29) is 5.91 Å². The summed E-state index contributed by atoms with van der Waals surface area (Å²) >= 11 is 1.32. The topological polar surface area (TPSA) is 69.6 Å². The molecule has 0 N–H and O–H groups in total. The Bertz CT molecular complexity index is 1260. The Morgan fingerprint density at radius 2 is 1.49 bits per heavy atom. The SMILES string of the molecule is COc1ccc(CN2C(=O)C(=Cc3cc(OC)c(OC)cc3OC)SC2=Nc2ccccc2)cc1. The maximum absolute atomic E-state index is 13.5. The number of rotatable bonds is 8. The minimum absolute atomic E-state index is 0.141. The lowest BCUT2D eigenvalue weighted by atomic mass is 10.1. The van der Waals surface area contributed by atoms with Crippen LogP contribution in [0.2, 0.25) is 0 Å². The van der Waals surface area contributed by atoms with Crippen molar-refractivity contribution in [2.75, 3.05) is 28.4 Å². The van der Waals surface area contributed by atoms with Gasteiger partial charge in [-0.05, 0) is 53.7 Å². The Morgan fingerprint density at radius 1 is 0.829 bits per heavy atom. The zero-order valence-corrected chi connectivity index (χ0v) is 20.8. The lowest BCUT2D eigenvalue weighted by Crippen LogP contribution is -2.28. The summed E-state index contributed by atoms with van der Waals surface area (Å²) in [6, 6.07) is 20.7. The van der Waals surface area contributed by atoms with Gasteiger partial charge in [0.15, 0.2) is 16.7 Å². The van der Waals surface area contributed by atoms with Crippen molar-refractivity contribution in [3.63, 3.8) is 0 Å². The molecule has 1 aliphatic rings. The van der Waals surface area contributed by atoms with Crippen LogP contribution in [0.3, 0.4) is 0 Å². The Morgan fingerprint density at radius 3 is 2.11 bits per heavy atom. The molecule has 1 aliphatic heterocycles. The van der Waals surface area contributed by atoms with Crippen molar-refractivity contribution >= 4 is 34.6 Å². The molecule has 8 heteroatoms. The number of carbonyl (C=O) groups is 1. The van der Waals surface area contributed by atoms with E-state index in [2.05, 4.69) is 0 Å². The third-order valence-electron chi connectivity index (χ3n) is 5.39. The molecule has 0 bridgehead atoms. The molecule has 3 aromatic carbocycles. The molecular weight excluding hydrogens is 464 g/mol. The lowest BCUT2D eigenvalue weighted by molar-refractivity contribution is -0.122. The van der Waals surface area contributed by atoms with Crippen LogP contribution in [0.1, 0.15) is 11.1 Å². The predicted octanol–water partition coefficient (Wildman–Crippen LogP) is 5.53. The van der Waals surface area contributed by atoms with Gasteiger partial charge in [0, 0.05) is 11.6 Å². The highest BCUT2D eigenvalue weighted by atomic mass is 32.2. The summed E-state index contributed by atoms with van der Waals surface area (Å²) in [4.78, 5) is 20.5. The van der Waals surface area contributed by atoms with E-state index < -0.39 is 0 Å². The number of amides is 1. The van der Waals surface area contributed by atoms with Crippen LogP contribution in [0.25, 0.3) is 6.08 Å². The number of para-hydroxylation sites is 1. The number of hydrogen-bond donors (Lipinski definition) is 0. The molecule has 0 atom stereocenters. The molecule has 4 rings (SSSR count). The van der Waals surface area contributed by atoms with Crippen LogP contribution in [-0.4, -0.2) is 44.4 Å². The van der Waals surface area contributed by atoms with Gasteiger partial charge in [0.2, 0.25) is 0 Å². The molecule has 0 radical (unpaired) electrons. The average Bonchev–Trinajstić information content (AvgIpc) is 3.18. The number of methoxy groups -OCH3 is 4. The van der Waals surface area contributed by atoms with Crippen LogP contribution in [-0.2, 0) is 11.3 Å². The van der Waals surface area contributed by atoms with Gasteiger partial charge in [-0.3, -0.25) is 9.69 Å². The summed E-state index contributed by atoms with van der Waals surface area (Å²) in [5.74, 6) is 2.28. The Hall–Kier alpha value is -3.91. The molecule has 3 aromatic rings. The fraction of sp³-hybridized carbons (Fsp3) is 0.185. The number of carbonyl (C=O) groups excluding carboxylic acids is 1. The molecule has 1 fully saturated rings. The molecule has 0 unspecified atom stereocenters. The highest BCUT2D eigenvalue weighted by Gasteiger charge is 2.34. The molecule has 0 saturated carbocycles. The van der Waals surface area contributed by atoms with Crippen LogP contribution < -0.4 is 18.9 Å². The zero-order chi connectivity index (χ0) is 24.8. The number of thioether (sulfide) groups is 1. The third-order valence-corrected chi connectivity index (χ3v) is 6.40. The van der Waals surface area contributed by atoms with Crippen LogP contribution in [0.4, 0.5) is 5.69 Å². The van der Waals surface area contributed by atoms with Gasteiger partial charge >= 0.3 is 0 Å². The lowest BCUT2D eigenvalue weighted by Gasteiger charge is -2.16. The monoisotopic (exact) mass is 490 g/mol. The smallest absolute Gasteiger partial charge is 0.267 e. The Labute approximate surface area is 209 Å². The maximum Gasteiger partial charge on any atom is 0.267 e. The first-order valence-electron chi connectivity index (χ1n) is 10.8. The van der Waals surface area contributed by atoms with Crippen molar-refractivity contribution < 1.29 is 23.7 Å². The summed E-state index contributed by atoms with van der Waals surface area (Å²) < 4.78 is 21.6. The quantitative estimate of drug-likeness (QED) is 0.387. The highest BCUT2D eigenvalue weighted by Crippen LogP contribution is 2.40. The van der Waals surface area contributed by atoms with E-state index >= 15 is 0 Å². The normalized spacial score (nSPS) is 15.5. The Balaban J connectivity index is 1.73. The van der Waals surface area contributed by atoms with Gasteiger partial charge in [-0.1, -0.05) is 30.3 Å². The minimum atomic E-state index is -0.141. The molecular formula is C27H26N2O5S. The van der Waals surface area contributed by atoms with Crippen molar-refractivity contribution in [1.82, 2.24) is 4.90 Å².